The molecule has 1 aromatic heterocycles. The van der Waals surface area contributed by atoms with Crippen molar-refractivity contribution in [3.05, 3.63) is 27.9 Å². The van der Waals surface area contributed by atoms with Crippen LogP contribution in [0, 0.1) is 13.8 Å². The second-order valence-corrected chi connectivity index (χ2v) is 3.39. The Balaban J connectivity index is 2.99. The number of nitrogens with zero attached hydrogens (tertiary/aromatic N) is 2. The molecule has 0 aromatic carbocycles. The molecule has 1 heterocycles. The summed E-state index contributed by atoms with van der Waals surface area (Å²) in [6.45, 7) is 4.38. The Bertz CT molecular complexity index is 346. The van der Waals surface area contributed by atoms with Crippen LogP contribution in [0.3, 0.4) is 0 Å². The van der Waals surface area contributed by atoms with Gasteiger partial charge in [0, 0.05) is 23.8 Å². The standard InChI is InChI=1S/C9H13ClN2O/c1-7-6-8(2)12(5-3-4-10)9(13)11-7/h6H,3-5H2,1-2H3. The van der Waals surface area contributed by atoms with E-state index in [1.807, 2.05) is 19.9 Å². The maximum atomic E-state index is 11.4. The summed E-state index contributed by atoms with van der Waals surface area (Å²) in [6.07, 6.45) is 0.799. The van der Waals surface area contributed by atoms with Gasteiger partial charge in [-0.05, 0) is 26.3 Å². The maximum Gasteiger partial charge on any atom is 0.347 e. The Morgan fingerprint density at radius 3 is 2.77 bits per heavy atom. The van der Waals surface area contributed by atoms with E-state index in [4.69, 9.17) is 11.6 Å². The van der Waals surface area contributed by atoms with E-state index >= 15 is 0 Å². The summed E-state index contributed by atoms with van der Waals surface area (Å²) < 4.78 is 1.65. The van der Waals surface area contributed by atoms with Gasteiger partial charge in [0.15, 0.2) is 0 Å². The van der Waals surface area contributed by atoms with Gasteiger partial charge < -0.3 is 0 Å². The van der Waals surface area contributed by atoms with Crippen molar-refractivity contribution in [1.82, 2.24) is 9.55 Å². The number of rotatable bonds is 3. The van der Waals surface area contributed by atoms with Crippen LogP contribution in [0.4, 0.5) is 0 Å². The van der Waals surface area contributed by atoms with Crippen molar-refractivity contribution < 1.29 is 0 Å². The molecule has 0 saturated carbocycles. The predicted octanol–water partition coefficient (Wildman–Crippen LogP) is 1.49. The number of hydrogen-bond donors (Lipinski definition) is 0. The highest BCUT2D eigenvalue weighted by Crippen LogP contribution is 1.98. The lowest BCUT2D eigenvalue weighted by molar-refractivity contribution is 0.616. The van der Waals surface area contributed by atoms with Gasteiger partial charge in [-0.2, -0.15) is 4.98 Å². The minimum Gasteiger partial charge on any atom is -0.297 e. The highest BCUT2D eigenvalue weighted by Gasteiger charge is 2.01. The molecule has 72 valence electrons. The van der Waals surface area contributed by atoms with Crippen molar-refractivity contribution in [2.75, 3.05) is 5.88 Å². The van der Waals surface area contributed by atoms with Crippen LogP contribution in [0.2, 0.25) is 0 Å². The van der Waals surface area contributed by atoms with E-state index in [9.17, 15) is 4.79 Å². The molecule has 0 saturated heterocycles. The monoisotopic (exact) mass is 200 g/mol. The zero-order chi connectivity index (χ0) is 9.84. The number of aryl methyl sites for hydroxylation is 2. The third kappa shape index (κ3) is 2.56. The summed E-state index contributed by atoms with van der Waals surface area (Å²) in [7, 11) is 0. The van der Waals surface area contributed by atoms with E-state index < -0.39 is 0 Å². The summed E-state index contributed by atoms with van der Waals surface area (Å²) in [5.41, 5.74) is 1.54. The first-order valence-electron chi connectivity index (χ1n) is 4.26. The highest BCUT2D eigenvalue weighted by atomic mass is 35.5. The number of hydrogen-bond acceptors (Lipinski definition) is 2. The molecule has 0 unspecified atom stereocenters. The summed E-state index contributed by atoms with van der Waals surface area (Å²) in [4.78, 5) is 15.2. The molecule has 0 amide bonds. The van der Waals surface area contributed by atoms with E-state index in [-0.39, 0.29) is 5.69 Å². The van der Waals surface area contributed by atoms with Gasteiger partial charge in [0.25, 0.3) is 0 Å². The van der Waals surface area contributed by atoms with Gasteiger partial charge in [-0.1, -0.05) is 0 Å². The van der Waals surface area contributed by atoms with Gasteiger partial charge in [0.2, 0.25) is 0 Å². The highest BCUT2D eigenvalue weighted by molar-refractivity contribution is 6.17. The summed E-state index contributed by atoms with van der Waals surface area (Å²) >= 11 is 5.55. The molecule has 0 radical (unpaired) electrons. The zero-order valence-electron chi connectivity index (χ0n) is 7.88. The topological polar surface area (TPSA) is 34.9 Å². The molecular weight excluding hydrogens is 188 g/mol. The van der Waals surface area contributed by atoms with Crippen molar-refractivity contribution in [3.63, 3.8) is 0 Å². The Kier molecular flexibility index (Phi) is 3.48. The van der Waals surface area contributed by atoms with E-state index in [1.165, 1.54) is 0 Å². The fourth-order valence-electron chi connectivity index (χ4n) is 1.26. The van der Waals surface area contributed by atoms with Crippen molar-refractivity contribution >= 4 is 11.6 Å². The third-order valence-corrected chi connectivity index (χ3v) is 2.13. The molecule has 3 nitrogen and oxygen atoms in total. The molecule has 0 atom stereocenters. The Morgan fingerprint density at radius 1 is 1.54 bits per heavy atom. The molecule has 0 bridgehead atoms. The largest absolute Gasteiger partial charge is 0.347 e. The van der Waals surface area contributed by atoms with Gasteiger partial charge in [0.1, 0.15) is 0 Å². The van der Waals surface area contributed by atoms with E-state index in [2.05, 4.69) is 4.98 Å². The van der Waals surface area contributed by atoms with Gasteiger partial charge in [-0.3, -0.25) is 4.57 Å². The smallest absolute Gasteiger partial charge is 0.297 e. The van der Waals surface area contributed by atoms with Gasteiger partial charge in [-0.15, -0.1) is 11.6 Å². The minimum atomic E-state index is -0.178. The Hall–Kier alpha value is -0.830. The minimum absolute atomic E-state index is 0.178. The van der Waals surface area contributed by atoms with Gasteiger partial charge in [-0.25, -0.2) is 4.79 Å². The molecule has 0 aliphatic heterocycles. The molecule has 0 fully saturated rings. The second kappa shape index (κ2) is 4.42. The molecule has 0 N–H and O–H groups in total. The van der Waals surface area contributed by atoms with Crippen LogP contribution in [-0.2, 0) is 6.54 Å². The molecule has 13 heavy (non-hydrogen) atoms. The normalized spacial score (nSPS) is 10.4. The predicted molar refractivity (Wildman–Crippen MR) is 53.3 cm³/mol. The molecule has 0 aliphatic rings. The SMILES string of the molecule is Cc1cc(C)n(CCCCl)c(=O)n1. The molecule has 4 heteroatoms. The lowest BCUT2D eigenvalue weighted by Crippen LogP contribution is -2.25. The van der Waals surface area contributed by atoms with Crippen molar-refractivity contribution in [3.8, 4) is 0 Å². The first kappa shape index (κ1) is 10.3. The van der Waals surface area contributed by atoms with Gasteiger partial charge in [0.05, 0.1) is 0 Å². The van der Waals surface area contributed by atoms with Crippen molar-refractivity contribution in [2.24, 2.45) is 0 Å². The number of halogens is 1. The van der Waals surface area contributed by atoms with Crippen LogP contribution in [0.15, 0.2) is 10.9 Å². The summed E-state index contributed by atoms with van der Waals surface area (Å²) in [6, 6.07) is 1.90. The Morgan fingerprint density at radius 2 is 2.23 bits per heavy atom. The molecule has 1 aromatic rings. The van der Waals surface area contributed by atoms with E-state index in [1.54, 1.807) is 4.57 Å². The average Bonchev–Trinajstić information content (AvgIpc) is 2.02. The molecule has 0 aliphatic carbocycles. The molecule has 1 rings (SSSR count). The molecule has 0 spiro atoms. The van der Waals surface area contributed by atoms with Crippen LogP contribution in [0.25, 0.3) is 0 Å². The lowest BCUT2D eigenvalue weighted by Gasteiger charge is -2.07. The third-order valence-electron chi connectivity index (χ3n) is 1.86. The summed E-state index contributed by atoms with van der Waals surface area (Å²) in [5, 5.41) is 0. The van der Waals surface area contributed by atoms with Crippen LogP contribution in [0.1, 0.15) is 17.8 Å². The average molecular weight is 201 g/mol. The van der Waals surface area contributed by atoms with Crippen LogP contribution >= 0.6 is 11.6 Å². The second-order valence-electron chi connectivity index (χ2n) is 3.02. The number of aromatic nitrogens is 2. The maximum absolute atomic E-state index is 11.4. The van der Waals surface area contributed by atoms with Crippen molar-refractivity contribution in [1.29, 1.82) is 0 Å². The van der Waals surface area contributed by atoms with Gasteiger partial charge >= 0.3 is 5.69 Å². The zero-order valence-corrected chi connectivity index (χ0v) is 8.64. The van der Waals surface area contributed by atoms with E-state index in [0.29, 0.717) is 12.4 Å². The first-order chi connectivity index (χ1) is 6.15. The van der Waals surface area contributed by atoms with Crippen LogP contribution in [-0.4, -0.2) is 15.4 Å². The summed E-state index contributed by atoms with van der Waals surface area (Å²) in [5.74, 6) is 0.569. The Labute approximate surface area is 82.4 Å². The molecular formula is C9H13ClN2O. The fraction of sp³-hybridized carbons (Fsp3) is 0.556. The van der Waals surface area contributed by atoms with Crippen LogP contribution in [0.5, 0.6) is 0 Å². The first-order valence-corrected chi connectivity index (χ1v) is 4.79. The fourth-order valence-corrected chi connectivity index (χ4v) is 1.38. The quantitative estimate of drug-likeness (QED) is 0.693. The lowest BCUT2D eigenvalue weighted by atomic mass is 10.3. The van der Waals surface area contributed by atoms with Crippen LogP contribution < -0.4 is 5.69 Å². The number of alkyl halides is 1. The van der Waals surface area contributed by atoms with Crippen molar-refractivity contribution in [2.45, 2.75) is 26.8 Å². The van der Waals surface area contributed by atoms with E-state index in [0.717, 1.165) is 17.8 Å².